The van der Waals surface area contributed by atoms with Crippen LogP contribution in [-0.2, 0) is 35.1 Å². The average Bonchev–Trinajstić information content (AvgIpc) is 3.43. The van der Waals surface area contributed by atoms with Crippen molar-refractivity contribution in [2.24, 2.45) is 5.73 Å². The Bertz CT molecular complexity index is 1820. The predicted octanol–water partition coefficient (Wildman–Crippen LogP) is -3.19. The minimum Gasteiger partial charge on any atom is -0.480 e. The maximum atomic E-state index is 13.8. The second kappa shape index (κ2) is 20.8. The number of H-pyrrole nitrogens is 1. The van der Waals surface area contributed by atoms with Crippen molar-refractivity contribution in [1.29, 1.82) is 0 Å². The van der Waals surface area contributed by atoms with Crippen LogP contribution in [0, 0.1) is 0 Å². The zero-order valence-electron chi connectivity index (χ0n) is 30.1. The monoisotopic (exact) mass is 794 g/mol. The molecule has 1 aromatic heterocycles. The van der Waals surface area contributed by atoms with Crippen LogP contribution in [0.2, 0.25) is 0 Å². The molecule has 56 heavy (non-hydrogen) atoms. The highest BCUT2D eigenvalue weighted by molar-refractivity contribution is 5.94. The number of nitrogens with two attached hydrogens (primary N) is 1. The lowest BCUT2D eigenvalue weighted by Crippen LogP contribution is -2.64. The maximum absolute atomic E-state index is 13.8. The van der Waals surface area contributed by atoms with Gasteiger partial charge in [-0.1, -0.05) is 62.9 Å². The summed E-state index contributed by atoms with van der Waals surface area (Å²) in [6.07, 6.45) is -9.87. The number of hydrogen-bond donors (Lipinski definition) is 11. The van der Waals surface area contributed by atoms with Gasteiger partial charge in [0.15, 0.2) is 12.3 Å². The van der Waals surface area contributed by atoms with Gasteiger partial charge in [-0.15, -0.1) is 0 Å². The number of aromatic carboxylic acids is 1. The molecule has 9 atom stereocenters. The molecule has 22 heteroatoms. The Morgan fingerprint density at radius 1 is 0.929 bits per heavy atom. The van der Waals surface area contributed by atoms with Crippen LogP contribution in [-0.4, -0.2) is 131 Å². The van der Waals surface area contributed by atoms with E-state index in [0.29, 0.717) is 22.7 Å². The number of aliphatic hydroxyl groups excluding tert-OH is 4. The number of carbonyl (C=O) groups is 6. The number of ether oxygens (including phenoxy) is 2. The van der Waals surface area contributed by atoms with E-state index >= 15 is 0 Å². The number of nitrogens with one attached hydrogen (secondary N) is 4. The van der Waals surface area contributed by atoms with E-state index in [1.807, 2.05) is 12.2 Å². The fourth-order valence-electron chi connectivity index (χ4n) is 5.81. The van der Waals surface area contributed by atoms with E-state index in [1.165, 1.54) is 0 Å². The summed E-state index contributed by atoms with van der Waals surface area (Å²) in [5, 5.41) is 69.2. The number of hydrogen-bond acceptors (Lipinski definition) is 14. The first-order valence-corrected chi connectivity index (χ1v) is 17.5. The number of carboxylic acids is 2. The molecule has 1 aliphatic rings. The number of rotatable bonds is 21. The number of nitrogens with zero attached hydrogens (tertiary/aromatic N) is 1. The highest BCUT2D eigenvalue weighted by Gasteiger charge is 2.51. The largest absolute Gasteiger partial charge is 0.480 e. The molecule has 1 fully saturated rings. The number of carboxylic acid groups (broad SMARTS) is 2. The Kier molecular flexibility index (Phi) is 16.6. The van der Waals surface area contributed by atoms with Gasteiger partial charge in [-0.3, -0.25) is 28.7 Å². The number of primary amides is 1. The minimum atomic E-state index is -2.36. The molecule has 1 aromatic carbocycles. The Labute approximate surface area is 317 Å². The molecule has 0 radical (unpaired) electrons. The highest BCUT2D eigenvalue weighted by Crippen LogP contribution is 2.30. The molecule has 1 aliphatic heterocycles. The molecule has 5 unspecified atom stereocenters. The van der Waals surface area contributed by atoms with Crippen molar-refractivity contribution in [3.63, 3.8) is 0 Å². The number of benzene rings is 1. The number of carbonyl (C=O) groups excluding carboxylic acids is 4. The maximum Gasteiger partial charge on any atom is 0.404 e. The van der Waals surface area contributed by atoms with Crippen molar-refractivity contribution >= 4 is 35.8 Å². The molecule has 2 heterocycles. The van der Waals surface area contributed by atoms with Gasteiger partial charge in [0.05, 0.1) is 0 Å². The smallest absolute Gasteiger partial charge is 0.404 e. The predicted molar refractivity (Wildman–Crippen MR) is 189 cm³/mol. The van der Waals surface area contributed by atoms with Crippen molar-refractivity contribution in [1.82, 2.24) is 25.5 Å². The minimum absolute atomic E-state index is 0.0532. The lowest BCUT2D eigenvalue weighted by molar-refractivity contribution is -0.151. The third-order valence-corrected chi connectivity index (χ3v) is 8.79. The lowest BCUT2D eigenvalue weighted by Gasteiger charge is -2.30. The van der Waals surface area contributed by atoms with Crippen LogP contribution < -0.4 is 32.9 Å². The fourth-order valence-corrected chi connectivity index (χ4v) is 5.81. The summed E-state index contributed by atoms with van der Waals surface area (Å²) in [6, 6.07) is 2.32. The summed E-state index contributed by atoms with van der Waals surface area (Å²) in [5.74, 6) is -6.86. The normalized spacial score (nSPS) is 20.4. The molecule has 4 amide bonds. The van der Waals surface area contributed by atoms with E-state index < -0.39 is 114 Å². The highest BCUT2D eigenvalue weighted by atomic mass is 16.6. The summed E-state index contributed by atoms with van der Waals surface area (Å²) >= 11 is 0. The second-order valence-electron chi connectivity index (χ2n) is 13.0. The average molecular weight is 795 g/mol. The Morgan fingerprint density at radius 3 is 2.20 bits per heavy atom. The molecule has 1 saturated heterocycles. The standard InChI is InChI=1S/C34H46N6O16/c1-2-3-4-5-9-12-20(42)36-18(13-16-10-7-6-8-11-16)28(47)37-21(23(43)19(41)15-55-33(35)53)29(48)38-22(32(51)52)26-24(44)25(45)30(56-26)40-14-17(31(49)50)27(46)39-34(40)54/h6-8,10-11,14,18-19,21-26,30,41,43-45H,2-5,9,12-13,15H2,1H3,(H2,35,53)(H,36,42)(H,37,47)(H,38,48)(H,49,50)(H,51,52)(H,39,46,54)/t18?,19?,21?,22?,23?,24-,25+,26+,30+/m0/s1. The van der Waals surface area contributed by atoms with Crippen LogP contribution in [0.4, 0.5) is 4.79 Å². The summed E-state index contributed by atoms with van der Waals surface area (Å²) < 4.78 is 10.3. The molecule has 308 valence electrons. The molecule has 0 aliphatic carbocycles. The Hall–Kier alpha value is -5.68. The molecular formula is C34H46N6O16. The van der Waals surface area contributed by atoms with Gasteiger partial charge in [0.1, 0.15) is 54.8 Å². The van der Waals surface area contributed by atoms with Crippen LogP contribution in [0.25, 0.3) is 0 Å². The van der Waals surface area contributed by atoms with Gasteiger partial charge in [-0.2, -0.15) is 0 Å². The van der Waals surface area contributed by atoms with Crippen molar-refractivity contribution < 1.29 is 68.9 Å². The van der Waals surface area contributed by atoms with E-state index in [2.05, 4.69) is 15.4 Å². The number of unbranched alkanes of at least 4 members (excludes halogenated alkanes) is 4. The molecule has 12 N–H and O–H groups in total. The molecule has 0 saturated carbocycles. The number of aliphatic carboxylic acids is 1. The van der Waals surface area contributed by atoms with Crippen LogP contribution in [0.3, 0.4) is 0 Å². The SMILES string of the molecule is CCCCCCCC(=O)NC(Cc1ccccc1)C(=O)NC(C(=O)NC(C(=O)O)[C@H]1O[C@@H](n2cc(C(=O)O)c(=O)[nH]c2=O)[C@H](O)[C@@H]1O)C(O)C(O)COC(N)=O. The van der Waals surface area contributed by atoms with Gasteiger partial charge in [-0.25, -0.2) is 19.2 Å². The molecule has 3 rings (SSSR count). The zero-order chi connectivity index (χ0) is 41.7. The van der Waals surface area contributed by atoms with E-state index in [4.69, 9.17) is 10.5 Å². The van der Waals surface area contributed by atoms with Crippen molar-refractivity contribution in [3.8, 4) is 0 Å². The first kappa shape index (κ1) is 44.7. The van der Waals surface area contributed by atoms with Crippen molar-refractivity contribution in [2.45, 2.75) is 107 Å². The fraction of sp³-hybridized carbons (Fsp3) is 0.529. The van der Waals surface area contributed by atoms with Crippen LogP contribution in [0.15, 0.2) is 46.1 Å². The molecule has 22 nitrogen and oxygen atoms in total. The summed E-state index contributed by atoms with van der Waals surface area (Å²) in [7, 11) is 0. The van der Waals surface area contributed by atoms with E-state index in [1.54, 1.807) is 35.3 Å². The Morgan fingerprint density at radius 2 is 1.59 bits per heavy atom. The van der Waals surface area contributed by atoms with E-state index in [-0.39, 0.29) is 12.8 Å². The zero-order valence-corrected chi connectivity index (χ0v) is 30.1. The van der Waals surface area contributed by atoms with Gasteiger partial charge in [-0.05, 0) is 12.0 Å². The third-order valence-electron chi connectivity index (χ3n) is 8.79. The molecule has 0 bridgehead atoms. The lowest BCUT2D eigenvalue weighted by atomic mass is 9.99. The number of amides is 4. The topological polar surface area (TPSA) is 359 Å². The van der Waals surface area contributed by atoms with Crippen LogP contribution in [0.5, 0.6) is 0 Å². The van der Waals surface area contributed by atoms with Crippen LogP contribution in [0.1, 0.15) is 67.6 Å². The quantitative estimate of drug-likeness (QED) is 0.0555. The number of aliphatic hydroxyl groups is 4. The molecular weight excluding hydrogens is 748 g/mol. The van der Waals surface area contributed by atoms with Crippen molar-refractivity contribution in [2.75, 3.05) is 6.61 Å². The summed E-state index contributed by atoms with van der Waals surface area (Å²) in [6.45, 7) is 1.02. The van der Waals surface area contributed by atoms with E-state index in [0.717, 1.165) is 25.7 Å². The number of aromatic amines is 1. The Balaban J connectivity index is 1.92. The van der Waals surface area contributed by atoms with Gasteiger partial charge >= 0.3 is 23.7 Å². The first-order valence-electron chi connectivity index (χ1n) is 17.5. The number of aromatic nitrogens is 2. The van der Waals surface area contributed by atoms with Gasteiger partial charge < -0.3 is 61.8 Å². The van der Waals surface area contributed by atoms with Gasteiger partial charge in [0.25, 0.3) is 5.56 Å². The molecule has 2 aromatic rings. The van der Waals surface area contributed by atoms with E-state index in [9.17, 15) is 69.0 Å². The van der Waals surface area contributed by atoms with Crippen molar-refractivity contribution in [3.05, 3.63) is 68.5 Å². The van der Waals surface area contributed by atoms with Gasteiger partial charge in [0, 0.05) is 19.0 Å². The first-order chi connectivity index (χ1) is 26.5. The third kappa shape index (κ3) is 12.2. The van der Waals surface area contributed by atoms with Crippen LogP contribution >= 0.6 is 0 Å². The second-order valence-corrected chi connectivity index (χ2v) is 13.0. The van der Waals surface area contributed by atoms with Gasteiger partial charge in [0.2, 0.25) is 17.7 Å². The summed E-state index contributed by atoms with van der Waals surface area (Å²) in [5.41, 5.74) is 1.87. The summed E-state index contributed by atoms with van der Waals surface area (Å²) in [4.78, 5) is 102. The molecule has 0 spiro atoms.